The smallest absolute Gasteiger partial charge is 0.347 e. The number of hydrogen-bond acceptors (Lipinski definition) is 5. The molecule has 0 radical (unpaired) electrons. The van der Waals surface area contributed by atoms with Gasteiger partial charge in [0, 0.05) is 19.1 Å². The Labute approximate surface area is 112 Å². The quantitative estimate of drug-likeness (QED) is 0.796. The number of carbonyl (C=O) groups is 1. The van der Waals surface area contributed by atoms with Crippen molar-refractivity contribution in [1.82, 2.24) is 9.88 Å². The van der Waals surface area contributed by atoms with Crippen LogP contribution >= 0.6 is 11.3 Å². The molecular weight excluding hydrogens is 250 g/mol. The van der Waals surface area contributed by atoms with Crippen LogP contribution in [0.5, 0.6) is 0 Å². The number of carboxylic acids is 1. The molecule has 0 fully saturated rings. The molecule has 1 unspecified atom stereocenters. The first kappa shape index (κ1) is 14.9. The number of carboxylic acid groups (broad SMARTS) is 1. The average molecular weight is 271 g/mol. The molecule has 0 amide bonds. The average Bonchev–Trinajstić information content (AvgIpc) is 2.69. The lowest BCUT2D eigenvalue weighted by atomic mass is 10.2. The maximum Gasteiger partial charge on any atom is 0.347 e. The Hall–Kier alpha value is -1.14. The predicted octanol–water partition coefficient (Wildman–Crippen LogP) is 2.29. The summed E-state index contributed by atoms with van der Waals surface area (Å²) in [7, 11) is 2.09. The zero-order chi connectivity index (χ0) is 13.7. The van der Waals surface area contributed by atoms with Gasteiger partial charge in [-0.25, -0.2) is 9.78 Å². The van der Waals surface area contributed by atoms with Crippen LogP contribution in [0, 0.1) is 6.92 Å². The summed E-state index contributed by atoms with van der Waals surface area (Å²) in [6.07, 6.45) is 1.12. The molecule has 6 heteroatoms. The number of anilines is 1. The highest BCUT2D eigenvalue weighted by atomic mass is 32.1. The highest BCUT2D eigenvalue weighted by Gasteiger charge is 2.13. The van der Waals surface area contributed by atoms with E-state index < -0.39 is 5.97 Å². The SMILES string of the molecule is CCC(C)N(C)CCNc1nc(C)c(C(=O)O)s1. The summed E-state index contributed by atoms with van der Waals surface area (Å²) in [5, 5.41) is 12.8. The van der Waals surface area contributed by atoms with E-state index in [-0.39, 0.29) is 0 Å². The Kier molecular flexibility index (Phi) is 5.55. The van der Waals surface area contributed by atoms with Crippen molar-refractivity contribution in [2.24, 2.45) is 0 Å². The highest BCUT2D eigenvalue weighted by molar-refractivity contribution is 7.17. The van der Waals surface area contributed by atoms with Gasteiger partial charge in [0.15, 0.2) is 5.13 Å². The summed E-state index contributed by atoms with van der Waals surface area (Å²) >= 11 is 1.19. The molecule has 0 aliphatic rings. The van der Waals surface area contributed by atoms with Gasteiger partial charge >= 0.3 is 5.97 Å². The van der Waals surface area contributed by atoms with Crippen molar-refractivity contribution >= 4 is 22.4 Å². The maximum absolute atomic E-state index is 10.9. The molecule has 18 heavy (non-hydrogen) atoms. The number of rotatable bonds is 7. The first-order valence-corrected chi connectivity index (χ1v) is 6.92. The molecule has 5 nitrogen and oxygen atoms in total. The Morgan fingerprint density at radius 3 is 2.78 bits per heavy atom. The van der Waals surface area contributed by atoms with E-state index in [9.17, 15) is 4.79 Å². The lowest BCUT2D eigenvalue weighted by molar-refractivity contribution is 0.0701. The highest BCUT2D eigenvalue weighted by Crippen LogP contribution is 2.22. The molecule has 1 rings (SSSR count). The van der Waals surface area contributed by atoms with Gasteiger partial charge < -0.3 is 15.3 Å². The standard InChI is InChI=1S/C12H21N3O2S/c1-5-8(2)15(4)7-6-13-12-14-9(3)10(18-12)11(16)17/h8H,5-7H2,1-4H3,(H,13,14)(H,16,17). The molecule has 1 heterocycles. The third kappa shape index (κ3) is 3.96. The van der Waals surface area contributed by atoms with Gasteiger partial charge in [0.1, 0.15) is 4.88 Å². The van der Waals surface area contributed by atoms with Crippen LogP contribution in [0.3, 0.4) is 0 Å². The van der Waals surface area contributed by atoms with Gasteiger partial charge in [-0.05, 0) is 27.3 Å². The van der Waals surface area contributed by atoms with E-state index >= 15 is 0 Å². The predicted molar refractivity (Wildman–Crippen MR) is 74.7 cm³/mol. The van der Waals surface area contributed by atoms with Crippen molar-refractivity contribution in [2.45, 2.75) is 33.2 Å². The summed E-state index contributed by atoms with van der Waals surface area (Å²) in [6.45, 7) is 7.76. The molecule has 0 bridgehead atoms. The van der Waals surface area contributed by atoms with Crippen molar-refractivity contribution in [1.29, 1.82) is 0 Å². The fourth-order valence-electron chi connectivity index (χ4n) is 1.54. The second-order valence-corrected chi connectivity index (χ2v) is 5.40. The second kappa shape index (κ2) is 6.70. The number of aromatic nitrogens is 1. The van der Waals surface area contributed by atoms with E-state index in [1.165, 1.54) is 11.3 Å². The molecule has 0 aliphatic heterocycles. The van der Waals surface area contributed by atoms with Gasteiger partial charge in [-0.15, -0.1) is 0 Å². The molecule has 1 atom stereocenters. The molecule has 102 valence electrons. The molecule has 0 spiro atoms. The topological polar surface area (TPSA) is 65.5 Å². The van der Waals surface area contributed by atoms with Gasteiger partial charge in [0.05, 0.1) is 5.69 Å². The number of likely N-dealkylation sites (N-methyl/N-ethyl adjacent to an activating group) is 1. The van der Waals surface area contributed by atoms with Crippen molar-refractivity contribution in [2.75, 3.05) is 25.5 Å². The summed E-state index contributed by atoms with van der Waals surface area (Å²) in [5.41, 5.74) is 0.574. The van der Waals surface area contributed by atoms with E-state index in [1.807, 2.05) is 0 Å². The Bertz CT molecular complexity index is 406. The zero-order valence-corrected chi connectivity index (χ0v) is 12.2. The van der Waals surface area contributed by atoms with Crippen LogP contribution in [0.15, 0.2) is 0 Å². The Morgan fingerprint density at radius 2 is 2.28 bits per heavy atom. The van der Waals surface area contributed by atoms with Crippen molar-refractivity contribution in [3.8, 4) is 0 Å². The Morgan fingerprint density at radius 1 is 1.61 bits per heavy atom. The number of thiazole rings is 1. The summed E-state index contributed by atoms with van der Waals surface area (Å²) in [5.74, 6) is -0.908. The molecule has 0 saturated heterocycles. The molecule has 0 aromatic carbocycles. The second-order valence-electron chi connectivity index (χ2n) is 4.40. The fourth-order valence-corrected chi connectivity index (χ4v) is 2.37. The van der Waals surface area contributed by atoms with Gasteiger partial charge in [0.2, 0.25) is 0 Å². The van der Waals surface area contributed by atoms with Crippen molar-refractivity contribution in [3.63, 3.8) is 0 Å². The van der Waals surface area contributed by atoms with Crippen LogP contribution in [0.25, 0.3) is 0 Å². The third-order valence-electron chi connectivity index (χ3n) is 3.07. The fraction of sp³-hybridized carbons (Fsp3) is 0.667. The maximum atomic E-state index is 10.9. The lowest BCUT2D eigenvalue weighted by Crippen LogP contribution is -2.32. The normalized spacial score (nSPS) is 12.7. The summed E-state index contributed by atoms with van der Waals surface area (Å²) in [6, 6.07) is 0.555. The van der Waals surface area contributed by atoms with Crippen LogP contribution in [0.4, 0.5) is 5.13 Å². The van der Waals surface area contributed by atoms with Gasteiger partial charge in [0.25, 0.3) is 0 Å². The first-order chi connectivity index (χ1) is 8.45. The number of aryl methyl sites for hydroxylation is 1. The molecule has 0 saturated carbocycles. The molecule has 0 aliphatic carbocycles. The Balaban J connectivity index is 2.45. The minimum Gasteiger partial charge on any atom is -0.477 e. The minimum atomic E-state index is -0.908. The van der Waals surface area contributed by atoms with Crippen LogP contribution in [0.2, 0.25) is 0 Å². The monoisotopic (exact) mass is 271 g/mol. The number of nitrogens with zero attached hydrogens (tertiary/aromatic N) is 2. The first-order valence-electron chi connectivity index (χ1n) is 6.10. The van der Waals surface area contributed by atoms with Crippen molar-refractivity contribution < 1.29 is 9.90 Å². The lowest BCUT2D eigenvalue weighted by Gasteiger charge is -2.23. The van der Waals surface area contributed by atoms with Gasteiger partial charge in [-0.2, -0.15) is 0 Å². The van der Waals surface area contributed by atoms with Crippen LogP contribution in [0.1, 0.15) is 35.6 Å². The summed E-state index contributed by atoms with van der Waals surface area (Å²) < 4.78 is 0. The third-order valence-corrected chi connectivity index (χ3v) is 4.18. The van der Waals surface area contributed by atoms with Crippen LogP contribution in [-0.4, -0.2) is 47.1 Å². The molecule has 1 aromatic rings. The van der Waals surface area contributed by atoms with E-state index in [0.717, 1.165) is 19.5 Å². The van der Waals surface area contributed by atoms with Crippen molar-refractivity contribution in [3.05, 3.63) is 10.6 Å². The van der Waals surface area contributed by atoms with E-state index in [2.05, 4.69) is 36.1 Å². The minimum absolute atomic E-state index is 0.313. The van der Waals surface area contributed by atoms with E-state index in [0.29, 0.717) is 21.7 Å². The molecule has 1 aromatic heterocycles. The number of hydrogen-bond donors (Lipinski definition) is 2. The van der Waals surface area contributed by atoms with E-state index in [1.54, 1.807) is 6.92 Å². The van der Waals surface area contributed by atoms with E-state index in [4.69, 9.17) is 5.11 Å². The van der Waals surface area contributed by atoms with Crippen LogP contribution in [-0.2, 0) is 0 Å². The largest absolute Gasteiger partial charge is 0.477 e. The zero-order valence-electron chi connectivity index (χ0n) is 11.4. The number of nitrogens with one attached hydrogen (secondary N) is 1. The number of aromatic carboxylic acids is 1. The summed E-state index contributed by atoms with van der Waals surface area (Å²) in [4.78, 5) is 17.7. The van der Waals surface area contributed by atoms with Gasteiger partial charge in [-0.1, -0.05) is 18.3 Å². The molecular formula is C12H21N3O2S. The van der Waals surface area contributed by atoms with Gasteiger partial charge in [-0.3, -0.25) is 0 Å². The van der Waals surface area contributed by atoms with Crippen LogP contribution < -0.4 is 5.32 Å². The molecule has 2 N–H and O–H groups in total.